The molecule has 8 heteroatoms. The Hall–Kier alpha value is -2.35. The molecule has 0 spiro atoms. The van der Waals surface area contributed by atoms with Gasteiger partial charge in [-0.2, -0.15) is 5.10 Å². The Labute approximate surface area is 115 Å². The molecule has 0 aliphatic carbocycles. The highest BCUT2D eigenvalue weighted by Crippen LogP contribution is 2.13. The SMILES string of the molecule is Cn1cc(NS(=O)(=O)Cc2cccc(C(=O)O)c2)cn1. The fraction of sp³-hybridized carbons (Fsp3) is 0.167. The highest BCUT2D eigenvalue weighted by Gasteiger charge is 2.14. The van der Waals surface area contributed by atoms with Crippen LogP contribution in [0, 0.1) is 0 Å². The quantitative estimate of drug-likeness (QED) is 0.859. The van der Waals surface area contributed by atoms with E-state index in [2.05, 4.69) is 9.82 Å². The molecule has 0 aliphatic heterocycles. The van der Waals surface area contributed by atoms with Crippen molar-refractivity contribution < 1.29 is 18.3 Å². The first-order valence-electron chi connectivity index (χ1n) is 5.67. The Morgan fingerprint density at radius 3 is 2.80 bits per heavy atom. The van der Waals surface area contributed by atoms with Crippen molar-refractivity contribution in [2.45, 2.75) is 5.75 Å². The van der Waals surface area contributed by atoms with Gasteiger partial charge in [0.25, 0.3) is 0 Å². The minimum absolute atomic E-state index is 0.0547. The summed E-state index contributed by atoms with van der Waals surface area (Å²) >= 11 is 0. The van der Waals surface area contributed by atoms with E-state index in [9.17, 15) is 13.2 Å². The maximum Gasteiger partial charge on any atom is 0.335 e. The molecule has 0 fully saturated rings. The first-order valence-corrected chi connectivity index (χ1v) is 7.32. The van der Waals surface area contributed by atoms with Crippen molar-refractivity contribution in [2.75, 3.05) is 4.72 Å². The number of carboxylic acid groups (broad SMARTS) is 1. The Morgan fingerprint density at radius 1 is 1.45 bits per heavy atom. The van der Waals surface area contributed by atoms with E-state index in [1.165, 1.54) is 35.3 Å². The third-order valence-electron chi connectivity index (χ3n) is 2.51. The van der Waals surface area contributed by atoms with E-state index >= 15 is 0 Å². The molecule has 0 unspecified atom stereocenters. The van der Waals surface area contributed by atoms with Crippen molar-refractivity contribution in [2.24, 2.45) is 7.05 Å². The van der Waals surface area contributed by atoms with Crippen molar-refractivity contribution in [3.8, 4) is 0 Å². The minimum Gasteiger partial charge on any atom is -0.478 e. The second kappa shape index (κ2) is 5.33. The molecule has 7 nitrogen and oxygen atoms in total. The lowest BCUT2D eigenvalue weighted by Crippen LogP contribution is -2.15. The lowest BCUT2D eigenvalue weighted by molar-refractivity contribution is 0.0696. The predicted molar refractivity (Wildman–Crippen MR) is 72.9 cm³/mol. The van der Waals surface area contributed by atoms with Gasteiger partial charge in [0.2, 0.25) is 10.0 Å². The normalized spacial score (nSPS) is 11.2. The highest BCUT2D eigenvalue weighted by atomic mass is 32.2. The Morgan fingerprint density at radius 2 is 2.20 bits per heavy atom. The second-order valence-electron chi connectivity index (χ2n) is 4.27. The van der Waals surface area contributed by atoms with Crippen LogP contribution < -0.4 is 4.72 Å². The van der Waals surface area contributed by atoms with Gasteiger partial charge in [0.1, 0.15) is 0 Å². The molecule has 0 amide bonds. The zero-order valence-corrected chi connectivity index (χ0v) is 11.5. The Balaban J connectivity index is 2.15. The van der Waals surface area contributed by atoms with Crippen molar-refractivity contribution in [3.05, 3.63) is 47.8 Å². The molecule has 0 saturated carbocycles. The van der Waals surface area contributed by atoms with Crippen LogP contribution in [0.1, 0.15) is 15.9 Å². The van der Waals surface area contributed by atoms with Gasteiger partial charge < -0.3 is 5.11 Å². The average molecular weight is 295 g/mol. The Kier molecular flexibility index (Phi) is 3.75. The molecular weight excluding hydrogens is 282 g/mol. The third-order valence-corrected chi connectivity index (χ3v) is 3.77. The number of hydrogen-bond acceptors (Lipinski definition) is 4. The molecule has 20 heavy (non-hydrogen) atoms. The summed E-state index contributed by atoms with van der Waals surface area (Å²) < 4.78 is 27.8. The van der Waals surface area contributed by atoms with Crippen molar-refractivity contribution in [1.82, 2.24) is 9.78 Å². The summed E-state index contributed by atoms with van der Waals surface area (Å²) in [5.74, 6) is -1.40. The number of rotatable bonds is 5. The molecule has 0 saturated heterocycles. The van der Waals surface area contributed by atoms with Gasteiger partial charge in [-0.25, -0.2) is 13.2 Å². The summed E-state index contributed by atoms with van der Waals surface area (Å²) in [5, 5.41) is 12.7. The summed E-state index contributed by atoms with van der Waals surface area (Å²) in [4.78, 5) is 10.8. The molecule has 1 aromatic carbocycles. The highest BCUT2D eigenvalue weighted by molar-refractivity contribution is 7.91. The average Bonchev–Trinajstić information content (AvgIpc) is 2.73. The van der Waals surface area contributed by atoms with Crippen LogP contribution in [0.4, 0.5) is 5.69 Å². The third kappa shape index (κ3) is 3.58. The number of anilines is 1. The van der Waals surface area contributed by atoms with Crippen LogP contribution in [0.5, 0.6) is 0 Å². The van der Waals surface area contributed by atoms with Gasteiger partial charge in [-0.3, -0.25) is 9.40 Å². The van der Waals surface area contributed by atoms with Crippen LogP contribution in [-0.2, 0) is 22.8 Å². The van der Waals surface area contributed by atoms with Crippen LogP contribution in [0.15, 0.2) is 36.7 Å². The number of aromatic nitrogens is 2. The minimum atomic E-state index is -3.61. The maximum atomic E-state index is 12.0. The van der Waals surface area contributed by atoms with Gasteiger partial charge in [0.15, 0.2) is 0 Å². The van der Waals surface area contributed by atoms with E-state index in [4.69, 9.17) is 5.11 Å². The smallest absolute Gasteiger partial charge is 0.335 e. The molecule has 1 aromatic heterocycles. The molecule has 2 aromatic rings. The van der Waals surface area contributed by atoms with Crippen LogP contribution in [0.2, 0.25) is 0 Å². The summed E-state index contributed by atoms with van der Waals surface area (Å²) in [7, 11) is -1.94. The van der Waals surface area contributed by atoms with Crippen molar-refractivity contribution >= 4 is 21.7 Å². The summed E-state index contributed by atoms with van der Waals surface area (Å²) in [6.45, 7) is 0. The fourth-order valence-electron chi connectivity index (χ4n) is 1.70. The first-order chi connectivity index (χ1) is 9.35. The van der Waals surface area contributed by atoms with Gasteiger partial charge in [-0.1, -0.05) is 12.1 Å². The van der Waals surface area contributed by atoms with Gasteiger partial charge >= 0.3 is 5.97 Å². The van der Waals surface area contributed by atoms with E-state index in [0.29, 0.717) is 11.3 Å². The van der Waals surface area contributed by atoms with Crippen LogP contribution in [0.3, 0.4) is 0 Å². The topological polar surface area (TPSA) is 101 Å². The van der Waals surface area contributed by atoms with Gasteiger partial charge in [0, 0.05) is 13.2 Å². The van der Waals surface area contributed by atoms with E-state index in [0.717, 1.165) is 0 Å². The number of carboxylic acids is 1. The number of nitrogens with one attached hydrogen (secondary N) is 1. The standard InChI is InChI=1S/C12H13N3O4S/c1-15-7-11(6-13-15)14-20(18,19)8-9-3-2-4-10(5-9)12(16)17/h2-7,14H,8H2,1H3,(H,16,17). The molecule has 0 aliphatic rings. The summed E-state index contributed by atoms with van der Waals surface area (Å²) in [6, 6.07) is 5.82. The largest absolute Gasteiger partial charge is 0.478 e. The molecule has 0 atom stereocenters. The van der Waals surface area contributed by atoms with Gasteiger partial charge in [-0.05, 0) is 17.7 Å². The van der Waals surface area contributed by atoms with Gasteiger partial charge in [0.05, 0.1) is 23.2 Å². The monoisotopic (exact) mass is 295 g/mol. The number of aromatic carboxylic acids is 1. The van der Waals surface area contributed by atoms with E-state index in [1.54, 1.807) is 13.1 Å². The van der Waals surface area contributed by atoms with E-state index in [1.807, 2.05) is 0 Å². The molecule has 0 bridgehead atoms. The number of aryl methyl sites for hydroxylation is 1. The van der Waals surface area contributed by atoms with Gasteiger partial charge in [-0.15, -0.1) is 0 Å². The second-order valence-corrected chi connectivity index (χ2v) is 5.99. The summed E-state index contributed by atoms with van der Waals surface area (Å²) in [5.41, 5.74) is 0.822. The van der Waals surface area contributed by atoms with Crippen molar-refractivity contribution in [3.63, 3.8) is 0 Å². The zero-order valence-electron chi connectivity index (χ0n) is 10.6. The molecule has 106 valence electrons. The zero-order chi connectivity index (χ0) is 14.8. The molecular formula is C12H13N3O4S. The predicted octanol–water partition coefficient (Wildman–Crippen LogP) is 1.06. The number of benzene rings is 1. The maximum absolute atomic E-state index is 12.0. The molecule has 0 radical (unpaired) electrons. The number of hydrogen-bond donors (Lipinski definition) is 2. The van der Waals surface area contributed by atoms with E-state index in [-0.39, 0.29) is 11.3 Å². The lowest BCUT2D eigenvalue weighted by Gasteiger charge is -2.06. The number of sulfonamides is 1. The first kappa shape index (κ1) is 14.1. The van der Waals surface area contributed by atoms with Crippen molar-refractivity contribution in [1.29, 1.82) is 0 Å². The van der Waals surface area contributed by atoms with Crippen LogP contribution in [0.25, 0.3) is 0 Å². The Bertz CT molecular complexity index is 737. The van der Waals surface area contributed by atoms with E-state index < -0.39 is 16.0 Å². The summed E-state index contributed by atoms with van der Waals surface area (Å²) in [6.07, 6.45) is 2.93. The fourth-order valence-corrected chi connectivity index (χ4v) is 2.86. The lowest BCUT2D eigenvalue weighted by atomic mass is 10.1. The number of nitrogens with zero attached hydrogens (tertiary/aromatic N) is 2. The molecule has 2 rings (SSSR count). The van der Waals surface area contributed by atoms with Crippen LogP contribution >= 0.6 is 0 Å². The van der Waals surface area contributed by atoms with Crippen LogP contribution in [-0.4, -0.2) is 29.3 Å². The molecule has 2 N–H and O–H groups in total. The molecule has 1 heterocycles. The number of carbonyl (C=O) groups is 1.